The maximum atomic E-state index is 3.96. The van der Waals surface area contributed by atoms with Crippen molar-refractivity contribution in [1.82, 2.24) is 10.2 Å². The summed E-state index contributed by atoms with van der Waals surface area (Å²) in [7, 11) is 4.11. The molecule has 0 bridgehead atoms. The standard InChI is InChI=1S/C12H15N3/c1-9-4-5-10(6-12(9)15(2)3)11-7-13-14-8-11/h4-8H,1-3H3,(H,13,14). The Morgan fingerprint density at radius 2 is 2.00 bits per heavy atom. The highest BCUT2D eigenvalue weighted by Crippen LogP contribution is 2.25. The lowest BCUT2D eigenvalue weighted by molar-refractivity contribution is 1.09. The van der Waals surface area contributed by atoms with Crippen LogP contribution in [-0.4, -0.2) is 24.3 Å². The van der Waals surface area contributed by atoms with E-state index in [1.807, 2.05) is 12.4 Å². The number of benzene rings is 1. The predicted molar refractivity (Wildman–Crippen MR) is 63.1 cm³/mol. The second kappa shape index (κ2) is 3.77. The molecule has 2 rings (SSSR count). The summed E-state index contributed by atoms with van der Waals surface area (Å²) >= 11 is 0. The second-order valence-electron chi connectivity index (χ2n) is 3.88. The zero-order valence-corrected chi connectivity index (χ0v) is 9.28. The Morgan fingerprint density at radius 3 is 2.60 bits per heavy atom. The molecule has 0 saturated heterocycles. The molecule has 0 atom stereocenters. The number of aromatic nitrogens is 2. The first-order chi connectivity index (χ1) is 7.18. The molecule has 0 unspecified atom stereocenters. The SMILES string of the molecule is Cc1ccc(-c2cn[nH]c2)cc1N(C)C. The molecule has 0 radical (unpaired) electrons. The van der Waals surface area contributed by atoms with Gasteiger partial charge in [0.05, 0.1) is 6.20 Å². The molecule has 3 heteroatoms. The fraction of sp³-hybridized carbons (Fsp3) is 0.250. The van der Waals surface area contributed by atoms with E-state index in [4.69, 9.17) is 0 Å². The molecule has 0 spiro atoms. The zero-order valence-electron chi connectivity index (χ0n) is 9.28. The summed E-state index contributed by atoms with van der Waals surface area (Å²) in [6, 6.07) is 6.44. The van der Waals surface area contributed by atoms with E-state index in [1.165, 1.54) is 16.8 Å². The number of nitrogens with one attached hydrogen (secondary N) is 1. The van der Waals surface area contributed by atoms with Gasteiger partial charge < -0.3 is 4.90 Å². The minimum atomic E-state index is 1.12. The van der Waals surface area contributed by atoms with Crippen LogP contribution in [0.1, 0.15) is 5.56 Å². The van der Waals surface area contributed by atoms with Gasteiger partial charge in [0.25, 0.3) is 0 Å². The third-order valence-electron chi connectivity index (χ3n) is 2.52. The van der Waals surface area contributed by atoms with Gasteiger partial charge in [-0.2, -0.15) is 5.10 Å². The molecule has 78 valence electrons. The molecule has 0 aliphatic heterocycles. The first-order valence-corrected chi connectivity index (χ1v) is 4.95. The molecule has 0 aliphatic rings. The van der Waals surface area contributed by atoms with Crippen molar-refractivity contribution in [2.24, 2.45) is 0 Å². The highest BCUT2D eigenvalue weighted by atomic mass is 15.1. The molecule has 15 heavy (non-hydrogen) atoms. The van der Waals surface area contributed by atoms with E-state index in [9.17, 15) is 0 Å². The molecular formula is C12H15N3. The van der Waals surface area contributed by atoms with Gasteiger partial charge in [0, 0.05) is 31.5 Å². The van der Waals surface area contributed by atoms with Crippen LogP contribution in [0.4, 0.5) is 5.69 Å². The van der Waals surface area contributed by atoms with Gasteiger partial charge in [-0.15, -0.1) is 0 Å². The van der Waals surface area contributed by atoms with Gasteiger partial charge in [-0.3, -0.25) is 5.10 Å². The third-order valence-corrected chi connectivity index (χ3v) is 2.52. The van der Waals surface area contributed by atoms with Crippen LogP contribution in [0.2, 0.25) is 0 Å². The van der Waals surface area contributed by atoms with Crippen molar-refractivity contribution in [3.63, 3.8) is 0 Å². The molecule has 2 aromatic rings. The molecule has 1 aromatic carbocycles. The smallest absolute Gasteiger partial charge is 0.0565 e. The van der Waals surface area contributed by atoms with Gasteiger partial charge in [-0.25, -0.2) is 0 Å². The zero-order chi connectivity index (χ0) is 10.8. The van der Waals surface area contributed by atoms with E-state index < -0.39 is 0 Å². The molecular weight excluding hydrogens is 186 g/mol. The van der Waals surface area contributed by atoms with Crippen LogP contribution in [0.5, 0.6) is 0 Å². The summed E-state index contributed by atoms with van der Waals surface area (Å²) in [4.78, 5) is 2.12. The van der Waals surface area contributed by atoms with Crippen LogP contribution in [-0.2, 0) is 0 Å². The molecule has 0 fully saturated rings. The Kier molecular flexibility index (Phi) is 2.46. The maximum Gasteiger partial charge on any atom is 0.0565 e. The summed E-state index contributed by atoms with van der Waals surface area (Å²) in [5, 5.41) is 6.78. The number of hydrogen-bond acceptors (Lipinski definition) is 2. The number of rotatable bonds is 2. The van der Waals surface area contributed by atoms with Gasteiger partial charge in [0.1, 0.15) is 0 Å². The van der Waals surface area contributed by atoms with Crippen molar-refractivity contribution >= 4 is 5.69 Å². The first kappa shape index (κ1) is 9.77. The topological polar surface area (TPSA) is 31.9 Å². The number of H-pyrrole nitrogens is 1. The third kappa shape index (κ3) is 1.86. The van der Waals surface area contributed by atoms with Crippen molar-refractivity contribution in [2.45, 2.75) is 6.92 Å². The van der Waals surface area contributed by atoms with E-state index in [1.54, 1.807) is 0 Å². The van der Waals surface area contributed by atoms with Crippen LogP contribution in [0.25, 0.3) is 11.1 Å². The van der Waals surface area contributed by atoms with Gasteiger partial charge >= 0.3 is 0 Å². The van der Waals surface area contributed by atoms with Crippen molar-refractivity contribution < 1.29 is 0 Å². The minimum absolute atomic E-state index is 1.12. The average molecular weight is 201 g/mol. The molecule has 1 N–H and O–H groups in total. The molecule has 3 nitrogen and oxygen atoms in total. The van der Waals surface area contributed by atoms with Crippen LogP contribution in [0.3, 0.4) is 0 Å². The van der Waals surface area contributed by atoms with Gasteiger partial charge in [-0.05, 0) is 24.1 Å². The number of nitrogens with zero attached hydrogens (tertiary/aromatic N) is 2. The summed E-state index contributed by atoms with van der Waals surface area (Å²) in [6.07, 6.45) is 3.74. The Labute approximate surface area is 89.7 Å². The number of anilines is 1. The van der Waals surface area contributed by atoms with Gasteiger partial charge in [0.15, 0.2) is 0 Å². The maximum absolute atomic E-state index is 3.96. The normalized spacial score (nSPS) is 10.3. The Hall–Kier alpha value is -1.77. The Balaban J connectivity index is 2.48. The summed E-state index contributed by atoms with van der Waals surface area (Å²) in [5.74, 6) is 0. The average Bonchev–Trinajstić information content (AvgIpc) is 2.71. The molecule has 0 amide bonds. The molecule has 1 aromatic heterocycles. The highest BCUT2D eigenvalue weighted by molar-refractivity contribution is 5.69. The second-order valence-corrected chi connectivity index (χ2v) is 3.88. The number of hydrogen-bond donors (Lipinski definition) is 1. The molecule has 0 aliphatic carbocycles. The first-order valence-electron chi connectivity index (χ1n) is 4.95. The van der Waals surface area contributed by atoms with Crippen LogP contribution < -0.4 is 4.90 Å². The molecule has 0 saturated carbocycles. The quantitative estimate of drug-likeness (QED) is 0.809. The summed E-state index contributed by atoms with van der Waals surface area (Å²) in [5.41, 5.74) is 4.84. The lowest BCUT2D eigenvalue weighted by Crippen LogP contribution is -2.10. The predicted octanol–water partition coefficient (Wildman–Crippen LogP) is 2.45. The highest BCUT2D eigenvalue weighted by Gasteiger charge is 2.04. The number of aromatic amines is 1. The minimum Gasteiger partial charge on any atom is -0.377 e. The van der Waals surface area contributed by atoms with E-state index >= 15 is 0 Å². The number of aryl methyl sites for hydroxylation is 1. The van der Waals surface area contributed by atoms with E-state index in [2.05, 4.69) is 54.3 Å². The van der Waals surface area contributed by atoms with Crippen LogP contribution in [0, 0.1) is 6.92 Å². The van der Waals surface area contributed by atoms with Crippen molar-refractivity contribution in [1.29, 1.82) is 0 Å². The summed E-state index contributed by atoms with van der Waals surface area (Å²) in [6.45, 7) is 2.12. The van der Waals surface area contributed by atoms with Crippen molar-refractivity contribution in [3.05, 3.63) is 36.2 Å². The Bertz CT molecular complexity index is 444. The lowest BCUT2D eigenvalue weighted by Gasteiger charge is -2.16. The summed E-state index contributed by atoms with van der Waals surface area (Å²) < 4.78 is 0. The van der Waals surface area contributed by atoms with Crippen LogP contribution >= 0.6 is 0 Å². The fourth-order valence-electron chi connectivity index (χ4n) is 1.68. The van der Waals surface area contributed by atoms with Gasteiger partial charge in [0.2, 0.25) is 0 Å². The lowest BCUT2D eigenvalue weighted by atomic mass is 10.1. The van der Waals surface area contributed by atoms with E-state index in [0.29, 0.717) is 0 Å². The molecule has 1 heterocycles. The van der Waals surface area contributed by atoms with Gasteiger partial charge in [-0.1, -0.05) is 12.1 Å². The Morgan fingerprint density at radius 1 is 1.20 bits per heavy atom. The fourth-order valence-corrected chi connectivity index (χ4v) is 1.68. The van der Waals surface area contributed by atoms with Crippen molar-refractivity contribution in [3.8, 4) is 11.1 Å². The largest absolute Gasteiger partial charge is 0.377 e. The van der Waals surface area contributed by atoms with Crippen molar-refractivity contribution in [2.75, 3.05) is 19.0 Å². The van der Waals surface area contributed by atoms with E-state index in [0.717, 1.165) is 5.56 Å². The van der Waals surface area contributed by atoms with Crippen LogP contribution in [0.15, 0.2) is 30.6 Å². The monoisotopic (exact) mass is 201 g/mol. The van der Waals surface area contributed by atoms with E-state index in [-0.39, 0.29) is 0 Å².